The van der Waals surface area contributed by atoms with Crippen molar-refractivity contribution in [2.24, 2.45) is 5.92 Å². The largest absolute Gasteiger partial charge is 0.450 e. The molecule has 0 N–H and O–H groups in total. The van der Waals surface area contributed by atoms with Gasteiger partial charge in [-0.15, -0.1) is 0 Å². The summed E-state index contributed by atoms with van der Waals surface area (Å²) in [5.41, 5.74) is 1.16. The summed E-state index contributed by atoms with van der Waals surface area (Å²) in [6.07, 6.45) is 0.950. The Morgan fingerprint density at radius 2 is 2.15 bits per heavy atom. The van der Waals surface area contributed by atoms with Crippen LogP contribution in [0.5, 0.6) is 0 Å². The first-order valence-electron chi connectivity index (χ1n) is 6.56. The lowest BCUT2D eigenvalue weighted by molar-refractivity contribution is -0.146. The molecular formula is C15H16N2O3. The number of carbonyl (C=O) groups is 2. The summed E-state index contributed by atoms with van der Waals surface area (Å²) < 4.78 is 4.76. The van der Waals surface area contributed by atoms with Crippen LogP contribution in [0.25, 0.3) is 0 Å². The zero-order valence-corrected chi connectivity index (χ0v) is 11.1. The van der Waals surface area contributed by atoms with Crippen molar-refractivity contribution in [1.82, 2.24) is 4.90 Å². The molecule has 0 saturated carbocycles. The Bertz CT molecular complexity index is 522. The average molecular weight is 272 g/mol. The van der Waals surface area contributed by atoms with E-state index >= 15 is 0 Å². The second kappa shape index (κ2) is 6.71. The first kappa shape index (κ1) is 14.1. The Morgan fingerprint density at radius 1 is 1.40 bits per heavy atom. The molecule has 1 aromatic rings. The van der Waals surface area contributed by atoms with Crippen LogP contribution in [-0.2, 0) is 20.7 Å². The minimum Gasteiger partial charge on any atom is -0.450 e. The number of amides is 1. The molecule has 1 fully saturated rings. The number of esters is 1. The number of carbonyl (C=O) groups excluding carboxylic acids is 2. The van der Waals surface area contributed by atoms with Gasteiger partial charge in [0.15, 0.2) is 6.61 Å². The van der Waals surface area contributed by atoms with Gasteiger partial charge < -0.3 is 9.64 Å². The fraction of sp³-hybridized carbons (Fsp3) is 0.400. The lowest BCUT2D eigenvalue weighted by Crippen LogP contribution is -2.28. The average Bonchev–Trinajstić information content (AvgIpc) is 2.85. The number of likely N-dealkylation sites (tertiary alicyclic amines) is 1. The molecule has 1 saturated heterocycles. The summed E-state index contributed by atoms with van der Waals surface area (Å²) in [6.45, 7) is 0.731. The van der Waals surface area contributed by atoms with Crippen LogP contribution in [0.15, 0.2) is 30.3 Å². The summed E-state index contributed by atoms with van der Waals surface area (Å²) in [6, 6.07) is 11.6. The predicted octanol–water partition coefficient (Wildman–Crippen LogP) is 1.14. The molecule has 20 heavy (non-hydrogen) atoms. The fourth-order valence-corrected chi connectivity index (χ4v) is 2.28. The molecule has 5 heteroatoms. The molecular weight excluding hydrogens is 256 g/mol. The molecule has 0 aromatic heterocycles. The molecule has 1 aliphatic rings. The van der Waals surface area contributed by atoms with Crippen molar-refractivity contribution in [3.8, 4) is 6.07 Å². The minimum atomic E-state index is -0.456. The molecule has 0 radical (unpaired) electrons. The minimum absolute atomic E-state index is 0.0279. The highest BCUT2D eigenvalue weighted by Gasteiger charge is 2.34. The molecule has 1 amide bonds. The van der Waals surface area contributed by atoms with E-state index in [0.717, 1.165) is 12.0 Å². The number of benzene rings is 1. The van der Waals surface area contributed by atoms with Crippen molar-refractivity contribution in [2.75, 3.05) is 19.7 Å². The topological polar surface area (TPSA) is 70.4 Å². The molecule has 2 rings (SSSR count). The van der Waals surface area contributed by atoms with Crippen LogP contribution in [0.4, 0.5) is 0 Å². The molecule has 5 nitrogen and oxygen atoms in total. The van der Waals surface area contributed by atoms with Crippen molar-refractivity contribution in [3.63, 3.8) is 0 Å². The number of hydrogen-bond acceptors (Lipinski definition) is 4. The van der Waals surface area contributed by atoms with Crippen LogP contribution < -0.4 is 0 Å². The van der Waals surface area contributed by atoms with Gasteiger partial charge in [-0.05, 0) is 12.0 Å². The highest BCUT2D eigenvalue weighted by Crippen LogP contribution is 2.19. The Kier molecular flexibility index (Phi) is 4.72. The molecule has 0 unspecified atom stereocenters. The van der Waals surface area contributed by atoms with Gasteiger partial charge in [0, 0.05) is 19.5 Å². The number of nitrogens with zero attached hydrogens (tertiary/aromatic N) is 2. The molecule has 0 spiro atoms. The SMILES string of the molecule is N#CCOC(=O)[C@H]1CC(=O)N(CCc2ccccc2)C1. The van der Waals surface area contributed by atoms with Crippen LogP contribution in [-0.4, -0.2) is 36.5 Å². The predicted molar refractivity (Wildman–Crippen MR) is 71.4 cm³/mol. The second-order valence-electron chi connectivity index (χ2n) is 4.74. The Morgan fingerprint density at radius 3 is 2.85 bits per heavy atom. The summed E-state index contributed by atoms with van der Waals surface area (Å²) in [7, 11) is 0. The third-order valence-electron chi connectivity index (χ3n) is 3.34. The number of hydrogen-bond donors (Lipinski definition) is 0. The lowest BCUT2D eigenvalue weighted by atomic mass is 10.1. The third kappa shape index (κ3) is 3.58. The smallest absolute Gasteiger partial charge is 0.312 e. The van der Waals surface area contributed by atoms with Gasteiger partial charge >= 0.3 is 5.97 Å². The summed E-state index contributed by atoms with van der Waals surface area (Å²) >= 11 is 0. The first-order chi connectivity index (χ1) is 9.70. The quantitative estimate of drug-likeness (QED) is 0.754. The van der Waals surface area contributed by atoms with Gasteiger partial charge in [-0.3, -0.25) is 9.59 Å². The zero-order valence-electron chi connectivity index (χ0n) is 11.1. The zero-order chi connectivity index (χ0) is 14.4. The molecule has 1 atom stereocenters. The first-order valence-corrected chi connectivity index (χ1v) is 6.56. The monoisotopic (exact) mass is 272 g/mol. The molecule has 1 aliphatic heterocycles. The molecule has 1 aromatic carbocycles. The standard InChI is InChI=1S/C15H16N2O3/c16-7-9-20-15(19)13-10-14(18)17(11-13)8-6-12-4-2-1-3-5-12/h1-5,13H,6,8-11H2/t13-/m0/s1. The number of ether oxygens (including phenoxy) is 1. The van der Waals surface area contributed by atoms with Crippen LogP contribution in [0, 0.1) is 17.2 Å². The lowest BCUT2D eigenvalue weighted by Gasteiger charge is -2.16. The van der Waals surface area contributed by atoms with Crippen molar-refractivity contribution >= 4 is 11.9 Å². The molecule has 0 bridgehead atoms. The third-order valence-corrected chi connectivity index (χ3v) is 3.34. The molecule has 104 valence electrons. The maximum absolute atomic E-state index is 11.8. The van der Waals surface area contributed by atoms with Gasteiger partial charge in [0.2, 0.25) is 5.91 Å². The van der Waals surface area contributed by atoms with E-state index in [4.69, 9.17) is 10.00 Å². The maximum atomic E-state index is 11.8. The molecule has 1 heterocycles. The van der Waals surface area contributed by atoms with Gasteiger partial charge in [0.25, 0.3) is 0 Å². The Labute approximate surface area is 117 Å². The van der Waals surface area contributed by atoms with Crippen LogP contribution in [0.3, 0.4) is 0 Å². The summed E-state index contributed by atoms with van der Waals surface area (Å²) in [5, 5.41) is 8.37. The highest BCUT2D eigenvalue weighted by molar-refractivity contribution is 5.86. The summed E-state index contributed by atoms with van der Waals surface area (Å²) in [4.78, 5) is 25.1. The van der Waals surface area contributed by atoms with Crippen LogP contribution >= 0.6 is 0 Å². The van der Waals surface area contributed by atoms with E-state index in [2.05, 4.69) is 0 Å². The van der Waals surface area contributed by atoms with E-state index in [1.54, 1.807) is 11.0 Å². The van der Waals surface area contributed by atoms with Gasteiger partial charge in [-0.25, -0.2) is 0 Å². The Balaban J connectivity index is 1.84. The fourth-order valence-electron chi connectivity index (χ4n) is 2.28. The highest BCUT2D eigenvalue weighted by atomic mass is 16.5. The van der Waals surface area contributed by atoms with Crippen molar-refractivity contribution < 1.29 is 14.3 Å². The van der Waals surface area contributed by atoms with Gasteiger partial charge in [0.05, 0.1) is 5.92 Å². The van der Waals surface area contributed by atoms with Crippen molar-refractivity contribution in [3.05, 3.63) is 35.9 Å². The van der Waals surface area contributed by atoms with E-state index in [9.17, 15) is 9.59 Å². The van der Waals surface area contributed by atoms with E-state index < -0.39 is 11.9 Å². The van der Waals surface area contributed by atoms with E-state index in [1.165, 1.54) is 0 Å². The second-order valence-corrected chi connectivity index (χ2v) is 4.74. The number of rotatable bonds is 5. The summed E-state index contributed by atoms with van der Waals surface area (Å²) in [5.74, 6) is -0.923. The Hall–Kier alpha value is -2.35. The number of nitriles is 1. The van der Waals surface area contributed by atoms with E-state index in [0.29, 0.717) is 13.1 Å². The normalized spacial score (nSPS) is 17.9. The maximum Gasteiger partial charge on any atom is 0.312 e. The van der Waals surface area contributed by atoms with E-state index in [1.807, 2.05) is 30.3 Å². The van der Waals surface area contributed by atoms with Crippen molar-refractivity contribution in [1.29, 1.82) is 5.26 Å². The van der Waals surface area contributed by atoms with Gasteiger partial charge in [0.1, 0.15) is 6.07 Å². The van der Waals surface area contributed by atoms with Gasteiger partial charge in [-0.2, -0.15) is 5.26 Å². The molecule has 0 aliphatic carbocycles. The van der Waals surface area contributed by atoms with Crippen LogP contribution in [0.2, 0.25) is 0 Å². The van der Waals surface area contributed by atoms with Crippen molar-refractivity contribution in [2.45, 2.75) is 12.8 Å². The van der Waals surface area contributed by atoms with Gasteiger partial charge in [-0.1, -0.05) is 30.3 Å². The van der Waals surface area contributed by atoms with E-state index in [-0.39, 0.29) is 18.9 Å². The van der Waals surface area contributed by atoms with Crippen LogP contribution in [0.1, 0.15) is 12.0 Å².